The highest BCUT2D eigenvalue weighted by Gasteiger charge is 2.27. The third kappa shape index (κ3) is 3.48. The smallest absolute Gasteiger partial charge is 0.276 e. The Bertz CT molecular complexity index is 688. The Balaban J connectivity index is 1.34. The molecule has 6 nitrogen and oxygen atoms in total. The van der Waals surface area contributed by atoms with Crippen molar-refractivity contribution in [3.63, 3.8) is 0 Å². The fourth-order valence-electron chi connectivity index (χ4n) is 3.12. The summed E-state index contributed by atoms with van der Waals surface area (Å²) in [7, 11) is 0. The van der Waals surface area contributed by atoms with Crippen molar-refractivity contribution < 1.29 is 9.32 Å². The molecule has 1 aliphatic heterocycles. The lowest BCUT2D eigenvalue weighted by atomic mass is 10.0. The van der Waals surface area contributed by atoms with E-state index in [1.54, 1.807) is 18.5 Å². The fraction of sp³-hybridized carbons (Fsp3) is 0.500. The molecule has 2 aliphatic rings. The van der Waals surface area contributed by atoms with Crippen molar-refractivity contribution in [2.75, 3.05) is 19.6 Å². The number of likely N-dealkylation sites (tertiary alicyclic amines) is 1. The van der Waals surface area contributed by atoms with Crippen LogP contribution in [-0.2, 0) is 0 Å². The van der Waals surface area contributed by atoms with Crippen molar-refractivity contribution in [2.24, 2.45) is 5.92 Å². The van der Waals surface area contributed by atoms with Gasteiger partial charge in [0, 0.05) is 43.2 Å². The number of pyridine rings is 1. The highest BCUT2D eigenvalue weighted by atomic mass is 16.5. The van der Waals surface area contributed by atoms with Gasteiger partial charge in [-0.25, -0.2) is 0 Å². The van der Waals surface area contributed by atoms with Gasteiger partial charge in [0.05, 0.1) is 0 Å². The van der Waals surface area contributed by atoms with Crippen LogP contribution in [0.5, 0.6) is 0 Å². The van der Waals surface area contributed by atoms with Gasteiger partial charge in [-0.05, 0) is 50.3 Å². The monoisotopic (exact) mass is 326 g/mol. The molecule has 1 amide bonds. The molecular weight excluding hydrogens is 304 g/mol. The van der Waals surface area contributed by atoms with Gasteiger partial charge in [0.15, 0.2) is 11.5 Å². The summed E-state index contributed by atoms with van der Waals surface area (Å²) < 4.78 is 5.31. The van der Waals surface area contributed by atoms with Crippen molar-refractivity contribution in [1.82, 2.24) is 20.4 Å². The van der Waals surface area contributed by atoms with E-state index in [0.717, 1.165) is 44.0 Å². The number of nitrogens with one attached hydrogen (secondary N) is 1. The number of hydrogen-bond donors (Lipinski definition) is 1. The van der Waals surface area contributed by atoms with Crippen molar-refractivity contribution in [1.29, 1.82) is 0 Å². The van der Waals surface area contributed by atoms with E-state index in [9.17, 15) is 4.79 Å². The first kappa shape index (κ1) is 15.3. The number of amides is 1. The molecule has 2 aromatic heterocycles. The molecule has 1 aliphatic carbocycles. The van der Waals surface area contributed by atoms with Crippen molar-refractivity contribution in [3.05, 3.63) is 36.3 Å². The zero-order chi connectivity index (χ0) is 16.4. The summed E-state index contributed by atoms with van der Waals surface area (Å²) in [6, 6.07) is 5.96. The minimum atomic E-state index is -0.0467. The number of rotatable bonds is 5. The number of hydrogen-bond acceptors (Lipinski definition) is 5. The summed E-state index contributed by atoms with van der Waals surface area (Å²) in [5, 5.41) is 7.57. The van der Waals surface area contributed by atoms with Crippen molar-refractivity contribution >= 4 is 5.91 Å². The Morgan fingerprint density at radius 1 is 1.29 bits per heavy atom. The maximum atomic E-state index is 12.6. The first-order chi connectivity index (χ1) is 11.8. The Labute approximate surface area is 141 Å². The number of carbonyl (C=O) groups excluding carboxylic acids is 1. The van der Waals surface area contributed by atoms with Crippen molar-refractivity contribution in [2.45, 2.75) is 31.7 Å². The molecule has 6 heteroatoms. The lowest BCUT2D eigenvalue weighted by molar-refractivity contribution is 0.0694. The van der Waals surface area contributed by atoms with E-state index in [0.29, 0.717) is 17.5 Å². The van der Waals surface area contributed by atoms with E-state index in [1.807, 2.05) is 17.0 Å². The van der Waals surface area contributed by atoms with Gasteiger partial charge in [-0.15, -0.1) is 0 Å². The van der Waals surface area contributed by atoms with Gasteiger partial charge < -0.3 is 14.7 Å². The lowest BCUT2D eigenvalue weighted by Gasteiger charge is -2.32. The lowest BCUT2D eigenvalue weighted by Crippen LogP contribution is -2.45. The molecule has 4 rings (SSSR count). The first-order valence-corrected chi connectivity index (χ1v) is 8.69. The van der Waals surface area contributed by atoms with Crippen LogP contribution in [0.4, 0.5) is 0 Å². The molecule has 0 unspecified atom stereocenters. The van der Waals surface area contributed by atoms with E-state index in [-0.39, 0.29) is 5.91 Å². The maximum Gasteiger partial charge on any atom is 0.276 e. The van der Waals surface area contributed by atoms with Gasteiger partial charge in [-0.2, -0.15) is 0 Å². The third-order valence-electron chi connectivity index (χ3n) is 4.85. The second kappa shape index (κ2) is 6.73. The van der Waals surface area contributed by atoms with Crippen LogP contribution >= 0.6 is 0 Å². The van der Waals surface area contributed by atoms with Gasteiger partial charge in [0.1, 0.15) is 0 Å². The molecule has 0 atom stereocenters. The number of piperidine rings is 1. The third-order valence-corrected chi connectivity index (χ3v) is 4.85. The van der Waals surface area contributed by atoms with Crippen LogP contribution < -0.4 is 5.32 Å². The topological polar surface area (TPSA) is 71.3 Å². The van der Waals surface area contributed by atoms with Crippen LogP contribution in [0.25, 0.3) is 11.3 Å². The highest BCUT2D eigenvalue weighted by molar-refractivity contribution is 5.93. The van der Waals surface area contributed by atoms with Crippen LogP contribution in [0, 0.1) is 5.92 Å². The Kier molecular flexibility index (Phi) is 4.30. The van der Waals surface area contributed by atoms with Crippen LogP contribution in [0.15, 0.2) is 35.1 Å². The molecule has 3 heterocycles. The average Bonchev–Trinajstić information content (AvgIpc) is 3.34. The van der Waals surface area contributed by atoms with E-state index in [1.165, 1.54) is 12.8 Å². The van der Waals surface area contributed by atoms with E-state index < -0.39 is 0 Å². The van der Waals surface area contributed by atoms with E-state index in [4.69, 9.17) is 4.52 Å². The summed E-state index contributed by atoms with van der Waals surface area (Å²) in [4.78, 5) is 18.5. The number of nitrogens with zero attached hydrogens (tertiary/aromatic N) is 3. The molecule has 0 aromatic carbocycles. The Hall–Kier alpha value is -2.21. The molecule has 0 spiro atoms. The molecule has 1 N–H and O–H groups in total. The van der Waals surface area contributed by atoms with Crippen molar-refractivity contribution in [3.8, 4) is 11.3 Å². The van der Waals surface area contributed by atoms with Gasteiger partial charge in [0.25, 0.3) is 5.91 Å². The standard InChI is InChI=1S/C18H22N4O2/c23-18(16-10-17(24-21-16)14-2-1-7-19-12-14)22-8-5-15(6-9-22)20-11-13-3-4-13/h1-2,7,10,12-13,15,20H,3-6,8-9,11H2. The second-order valence-corrected chi connectivity index (χ2v) is 6.74. The van der Waals surface area contributed by atoms with E-state index >= 15 is 0 Å². The fourth-order valence-corrected chi connectivity index (χ4v) is 3.12. The summed E-state index contributed by atoms with van der Waals surface area (Å²) in [6.07, 6.45) is 8.15. The molecule has 0 radical (unpaired) electrons. The summed E-state index contributed by atoms with van der Waals surface area (Å²) in [5.41, 5.74) is 1.20. The minimum absolute atomic E-state index is 0.0467. The molecule has 0 bridgehead atoms. The van der Waals surface area contributed by atoms with E-state index in [2.05, 4.69) is 15.5 Å². The van der Waals surface area contributed by atoms with Gasteiger partial charge in [0.2, 0.25) is 0 Å². The molecule has 1 saturated carbocycles. The summed E-state index contributed by atoms with van der Waals surface area (Å²) in [6.45, 7) is 2.68. The Morgan fingerprint density at radius 2 is 2.12 bits per heavy atom. The average molecular weight is 326 g/mol. The Morgan fingerprint density at radius 3 is 2.83 bits per heavy atom. The zero-order valence-electron chi connectivity index (χ0n) is 13.6. The molecular formula is C18H22N4O2. The summed E-state index contributed by atoms with van der Waals surface area (Å²) in [5.74, 6) is 1.42. The number of carbonyl (C=O) groups is 1. The van der Waals surface area contributed by atoms with Crippen LogP contribution in [-0.4, -0.2) is 46.6 Å². The predicted molar refractivity (Wildman–Crippen MR) is 89.4 cm³/mol. The quantitative estimate of drug-likeness (QED) is 0.913. The van der Waals surface area contributed by atoms with Gasteiger partial charge in [-0.1, -0.05) is 5.16 Å². The molecule has 2 fully saturated rings. The van der Waals surface area contributed by atoms with Gasteiger partial charge in [-0.3, -0.25) is 9.78 Å². The SMILES string of the molecule is O=C(c1cc(-c2cccnc2)on1)N1CCC(NCC2CC2)CC1. The first-order valence-electron chi connectivity index (χ1n) is 8.69. The number of aromatic nitrogens is 2. The highest BCUT2D eigenvalue weighted by Crippen LogP contribution is 2.28. The zero-order valence-corrected chi connectivity index (χ0v) is 13.6. The van der Waals surface area contributed by atoms with Crippen LogP contribution in [0.3, 0.4) is 0 Å². The van der Waals surface area contributed by atoms with Gasteiger partial charge >= 0.3 is 0 Å². The largest absolute Gasteiger partial charge is 0.355 e. The molecule has 2 aromatic rings. The summed E-state index contributed by atoms with van der Waals surface area (Å²) >= 11 is 0. The normalized spacial score (nSPS) is 18.8. The van der Waals surface area contributed by atoms with Crippen LogP contribution in [0.2, 0.25) is 0 Å². The van der Waals surface area contributed by atoms with Crippen LogP contribution in [0.1, 0.15) is 36.2 Å². The maximum absolute atomic E-state index is 12.6. The molecule has 126 valence electrons. The second-order valence-electron chi connectivity index (χ2n) is 6.74. The molecule has 1 saturated heterocycles. The predicted octanol–water partition coefficient (Wildman–Crippen LogP) is 2.34. The minimum Gasteiger partial charge on any atom is -0.355 e. The molecule has 24 heavy (non-hydrogen) atoms.